The molecule has 0 aliphatic carbocycles. The van der Waals surface area contributed by atoms with Crippen LogP contribution in [0.2, 0.25) is 0 Å². The molecule has 2 atom stereocenters. The van der Waals surface area contributed by atoms with Crippen molar-refractivity contribution in [2.75, 3.05) is 12.0 Å². The fraction of sp³-hybridized carbons (Fsp3) is 0.192. The Labute approximate surface area is 177 Å². The van der Waals surface area contributed by atoms with Crippen molar-refractivity contribution in [3.63, 3.8) is 0 Å². The molecule has 152 valence electrons. The summed E-state index contributed by atoms with van der Waals surface area (Å²) >= 11 is 0. The van der Waals surface area contributed by atoms with E-state index in [2.05, 4.69) is 6.58 Å². The standard InChI is InChI=1S/C26H25NO3/c1-3-20(21-12-8-5-9-13-21)17-26(29)23-16-22(30-2)14-15-24(23)27(25(26)28)18-19-10-6-4-7-11-19/h3-16,20,29H,1,17-18H2,2H3/t20-,26+/m0/s1. The summed E-state index contributed by atoms with van der Waals surface area (Å²) in [5.41, 5.74) is 1.64. The SMILES string of the molecule is C=C[C@@H](C[C@]1(O)C(=O)N(Cc2ccccc2)c2ccc(OC)cc21)c1ccccc1. The van der Waals surface area contributed by atoms with Gasteiger partial charge in [-0.15, -0.1) is 6.58 Å². The lowest BCUT2D eigenvalue weighted by Crippen LogP contribution is -2.41. The first-order chi connectivity index (χ1) is 14.6. The summed E-state index contributed by atoms with van der Waals surface area (Å²) in [6.07, 6.45) is 2.01. The fourth-order valence-electron chi connectivity index (χ4n) is 4.13. The zero-order chi connectivity index (χ0) is 21.1. The van der Waals surface area contributed by atoms with Crippen LogP contribution in [0.1, 0.15) is 29.0 Å². The number of hydrogen-bond donors (Lipinski definition) is 1. The summed E-state index contributed by atoms with van der Waals surface area (Å²) in [7, 11) is 1.58. The van der Waals surface area contributed by atoms with Crippen molar-refractivity contribution < 1.29 is 14.6 Å². The Morgan fingerprint density at radius 3 is 2.37 bits per heavy atom. The largest absolute Gasteiger partial charge is 0.497 e. The summed E-state index contributed by atoms with van der Waals surface area (Å²) in [5, 5.41) is 11.7. The molecule has 1 N–H and O–H groups in total. The van der Waals surface area contributed by atoms with E-state index in [0.717, 1.165) is 11.1 Å². The van der Waals surface area contributed by atoms with Gasteiger partial charge in [0.15, 0.2) is 5.60 Å². The number of fused-ring (bicyclic) bond motifs is 1. The molecule has 3 aromatic carbocycles. The fourth-order valence-corrected chi connectivity index (χ4v) is 4.13. The van der Waals surface area contributed by atoms with Gasteiger partial charge in [-0.25, -0.2) is 0 Å². The number of carbonyl (C=O) groups excluding carboxylic acids is 1. The van der Waals surface area contributed by atoms with Crippen LogP contribution >= 0.6 is 0 Å². The summed E-state index contributed by atoms with van der Waals surface area (Å²) < 4.78 is 5.38. The van der Waals surface area contributed by atoms with Crippen molar-refractivity contribution in [1.29, 1.82) is 0 Å². The molecule has 1 heterocycles. The van der Waals surface area contributed by atoms with Crippen molar-refractivity contribution in [3.05, 3.63) is 108 Å². The van der Waals surface area contributed by atoms with Crippen LogP contribution < -0.4 is 9.64 Å². The average molecular weight is 399 g/mol. The van der Waals surface area contributed by atoms with Crippen molar-refractivity contribution in [2.24, 2.45) is 0 Å². The van der Waals surface area contributed by atoms with Gasteiger partial charge in [-0.2, -0.15) is 0 Å². The van der Waals surface area contributed by atoms with Crippen molar-refractivity contribution in [3.8, 4) is 5.75 Å². The van der Waals surface area contributed by atoms with Gasteiger partial charge in [0.05, 0.1) is 19.3 Å². The summed E-state index contributed by atoms with van der Waals surface area (Å²) in [6.45, 7) is 4.35. The van der Waals surface area contributed by atoms with E-state index in [0.29, 0.717) is 23.5 Å². The monoisotopic (exact) mass is 399 g/mol. The van der Waals surface area contributed by atoms with E-state index >= 15 is 0 Å². The lowest BCUT2D eigenvalue weighted by atomic mass is 9.82. The Balaban J connectivity index is 1.75. The molecule has 0 fully saturated rings. The molecule has 3 aromatic rings. The lowest BCUT2D eigenvalue weighted by Gasteiger charge is -2.27. The number of ether oxygens (including phenoxy) is 1. The number of aliphatic hydroxyl groups is 1. The number of rotatable bonds is 7. The summed E-state index contributed by atoms with van der Waals surface area (Å²) in [5.74, 6) is 0.115. The lowest BCUT2D eigenvalue weighted by molar-refractivity contribution is -0.137. The molecular weight excluding hydrogens is 374 g/mol. The van der Waals surface area contributed by atoms with Crippen LogP contribution in [0.3, 0.4) is 0 Å². The maximum absolute atomic E-state index is 13.6. The Kier molecular flexibility index (Phi) is 5.42. The highest BCUT2D eigenvalue weighted by molar-refractivity contribution is 6.07. The van der Waals surface area contributed by atoms with E-state index in [4.69, 9.17) is 4.74 Å². The minimum absolute atomic E-state index is 0.170. The van der Waals surface area contributed by atoms with Gasteiger partial charge in [0, 0.05) is 11.5 Å². The minimum Gasteiger partial charge on any atom is -0.497 e. The number of methoxy groups -OCH3 is 1. The second-order valence-electron chi connectivity index (χ2n) is 7.58. The highest BCUT2D eigenvalue weighted by Gasteiger charge is 2.50. The van der Waals surface area contributed by atoms with Crippen LogP contribution in [-0.2, 0) is 16.9 Å². The zero-order valence-electron chi connectivity index (χ0n) is 17.0. The molecule has 0 unspecified atom stereocenters. The third kappa shape index (κ3) is 3.51. The molecule has 0 saturated heterocycles. The molecule has 1 amide bonds. The molecule has 4 heteroatoms. The van der Waals surface area contributed by atoms with Crippen molar-refractivity contribution in [2.45, 2.75) is 24.5 Å². The van der Waals surface area contributed by atoms with E-state index in [1.54, 1.807) is 24.2 Å². The second-order valence-corrected chi connectivity index (χ2v) is 7.58. The Morgan fingerprint density at radius 2 is 1.73 bits per heavy atom. The highest BCUT2D eigenvalue weighted by Crippen LogP contribution is 2.47. The predicted octanol–water partition coefficient (Wildman–Crippen LogP) is 4.79. The number of benzene rings is 3. The van der Waals surface area contributed by atoms with E-state index in [1.807, 2.05) is 72.8 Å². The predicted molar refractivity (Wildman–Crippen MR) is 119 cm³/mol. The molecule has 0 spiro atoms. The molecular formula is C26H25NO3. The first kappa shape index (κ1) is 19.9. The maximum Gasteiger partial charge on any atom is 0.264 e. The maximum atomic E-state index is 13.6. The minimum atomic E-state index is -1.66. The number of anilines is 1. The zero-order valence-corrected chi connectivity index (χ0v) is 17.0. The van der Waals surface area contributed by atoms with E-state index in [9.17, 15) is 9.90 Å². The Morgan fingerprint density at radius 1 is 1.07 bits per heavy atom. The Hall–Kier alpha value is -3.37. The first-order valence-corrected chi connectivity index (χ1v) is 10.0. The summed E-state index contributed by atoms with van der Waals surface area (Å²) in [4.78, 5) is 15.2. The van der Waals surface area contributed by atoms with Crippen molar-refractivity contribution in [1.82, 2.24) is 0 Å². The Bertz CT molecular complexity index is 1050. The molecule has 1 aliphatic heterocycles. The third-order valence-corrected chi connectivity index (χ3v) is 5.75. The van der Waals surface area contributed by atoms with Crippen LogP contribution in [0.4, 0.5) is 5.69 Å². The van der Waals surface area contributed by atoms with Gasteiger partial charge in [0.1, 0.15) is 5.75 Å². The number of carbonyl (C=O) groups is 1. The molecule has 4 rings (SSSR count). The van der Waals surface area contributed by atoms with Gasteiger partial charge in [-0.05, 0) is 35.7 Å². The van der Waals surface area contributed by atoms with Crippen LogP contribution in [0.5, 0.6) is 5.75 Å². The normalized spacial score (nSPS) is 18.7. The number of hydrogen-bond acceptors (Lipinski definition) is 3. The van der Waals surface area contributed by atoms with Crippen LogP contribution in [0.25, 0.3) is 0 Å². The van der Waals surface area contributed by atoms with Gasteiger partial charge in [0.25, 0.3) is 5.91 Å². The molecule has 4 nitrogen and oxygen atoms in total. The average Bonchev–Trinajstić information content (AvgIpc) is 3.00. The van der Waals surface area contributed by atoms with Crippen LogP contribution in [-0.4, -0.2) is 18.1 Å². The number of amides is 1. The molecule has 0 aromatic heterocycles. The number of allylic oxidation sites excluding steroid dienone is 1. The smallest absolute Gasteiger partial charge is 0.264 e. The van der Waals surface area contributed by atoms with Gasteiger partial charge in [0.2, 0.25) is 0 Å². The van der Waals surface area contributed by atoms with E-state index in [-0.39, 0.29) is 18.2 Å². The second kappa shape index (κ2) is 8.17. The molecule has 0 bridgehead atoms. The highest BCUT2D eigenvalue weighted by atomic mass is 16.5. The first-order valence-electron chi connectivity index (χ1n) is 10.0. The third-order valence-electron chi connectivity index (χ3n) is 5.75. The van der Waals surface area contributed by atoms with Gasteiger partial charge in [-0.3, -0.25) is 4.79 Å². The topological polar surface area (TPSA) is 49.8 Å². The van der Waals surface area contributed by atoms with Gasteiger partial charge < -0.3 is 14.7 Å². The van der Waals surface area contributed by atoms with E-state index in [1.165, 1.54) is 0 Å². The molecule has 0 saturated carbocycles. The molecule has 0 radical (unpaired) electrons. The van der Waals surface area contributed by atoms with Gasteiger partial charge >= 0.3 is 0 Å². The molecule has 1 aliphatic rings. The van der Waals surface area contributed by atoms with Gasteiger partial charge in [-0.1, -0.05) is 66.7 Å². The quantitative estimate of drug-likeness (QED) is 0.581. The number of nitrogens with zero attached hydrogens (tertiary/aromatic N) is 1. The van der Waals surface area contributed by atoms with Crippen LogP contribution in [0, 0.1) is 0 Å². The van der Waals surface area contributed by atoms with Crippen LogP contribution in [0.15, 0.2) is 91.5 Å². The van der Waals surface area contributed by atoms with E-state index < -0.39 is 5.60 Å². The summed E-state index contributed by atoms with van der Waals surface area (Å²) in [6, 6.07) is 25.0. The van der Waals surface area contributed by atoms with Crippen molar-refractivity contribution >= 4 is 11.6 Å². The molecule has 30 heavy (non-hydrogen) atoms.